The van der Waals surface area contributed by atoms with Crippen molar-refractivity contribution in [2.75, 3.05) is 24.7 Å². The number of anilines is 1. The SMILES string of the molecule is CC1COCCN1c1cc(Br)cc(Br)c1. The van der Waals surface area contributed by atoms with E-state index in [9.17, 15) is 0 Å². The standard InChI is InChI=1S/C11H13Br2NO/c1-8-7-15-3-2-14(8)11-5-9(12)4-10(13)6-11/h4-6,8H,2-3,7H2,1H3. The van der Waals surface area contributed by atoms with E-state index in [1.54, 1.807) is 0 Å². The van der Waals surface area contributed by atoms with Crippen molar-refractivity contribution in [3.63, 3.8) is 0 Å². The summed E-state index contributed by atoms with van der Waals surface area (Å²) in [6, 6.07) is 6.79. The largest absolute Gasteiger partial charge is 0.377 e. The van der Waals surface area contributed by atoms with Crippen molar-refractivity contribution in [1.82, 2.24) is 0 Å². The van der Waals surface area contributed by atoms with Crippen molar-refractivity contribution in [3.05, 3.63) is 27.1 Å². The van der Waals surface area contributed by atoms with E-state index in [4.69, 9.17) is 4.74 Å². The Labute approximate surface area is 107 Å². The number of halogens is 2. The third kappa shape index (κ3) is 2.74. The van der Waals surface area contributed by atoms with E-state index >= 15 is 0 Å². The van der Waals surface area contributed by atoms with Gasteiger partial charge in [0.05, 0.1) is 13.2 Å². The summed E-state index contributed by atoms with van der Waals surface area (Å²) >= 11 is 7.02. The summed E-state index contributed by atoms with van der Waals surface area (Å²) < 4.78 is 7.63. The smallest absolute Gasteiger partial charge is 0.0668 e. The quantitative estimate of drug-likeness (QED) is 0.780. The van der Waals surface area contributed by atoms with Crippen LogP contribution in [0.1, 0.15) is 6.92 Å². The van der Waals surface area contributed by atoms with Crippen molar-refractivity contribution in [2.45, 2.75) is 13.0 Å². The molecule has 1 saturated heterocycles. The molecule has 1 aromatic carbocycles. The molecule has 1 atom stereocenters. The van der Waals surface area contributed by atoms with E-state index in [0.29, 0.717) is 6.04 Å². The molecule has 1 aliphatic rings. The minimum Gasteiger partial charge on any atom is -0.377 e. The van der Waals surface area contributed by atoms with Crippen molar-refractivity contribution < 1.29 is 4.74 Å². The molecule has 0 bridgehead atoms. The normalized spacial score (nSPS) is 21.8. The van der Waals surface area contributed by atoms with Gasteiger partial charge in [-0.2, -0.15) is 0 Å². The molecule has 0 radical (unpaired) electrons. The zero-order valence-corrected chi connectivity index (χ0v) is 11.7. The van der Waals surface area contributed by atoms with Crippen LogP contribution in [0.25, 0.3) is 0 Å². The predicted octanol–water partition coefficient (Wildman–Crippen LogP) is 3.44. The van der Waals surface area contributed by atoms with Crippen LogP contribution in [0.15, 0.2) is 27.1 Å². The Balaban J connectivity index is 2.27. The molecule has 0 spiro atoms. The Morgan fingerprint density at radius 3 is 2.53 bits per heavy atom. The van der Waals surface area contributed by atoms with Gasteiger partial charge in [0.25, 0.3) is 0 Å². The van der Waals surface area contributed by atoms with Crippen LogP contribution in [0, 0.1) is 0 Å². The van der Waals surface area contributed by atoms with Gasteiger partial charge in [0.15, 0.2) is 0 Å². The molecule has 1 fully saturated rings. The molecule has 2 nitrogen and oxygen atoms in total. The molecule has 1 heterocycles. The van der Waals surface area contributed by atoms with Gasteiger partial charge in [-0.25, -0.2) is 0 Å². The van der Waals surface area contributed by atoms with Gasteiger partial charge in [-0.1, -0.05) is 31.9 Å². The monoisotopic (exact) mass is 333 g/mol. The molecule has 82 valence electrons. The zero-order valence-electron chi connectivity index (χ0n) is 8.54. The maximum absolute atomic E-state index is 5.43. The fourth-order valence-electron chi connectivity index (χ4n) is 1.82. The van der Waals surface area contributed by atoms with Crippen LogP contribution in [0.4, 0.5) is 5.69 Å². The molecule has 1 aliphatic heterocycles. The average Bonchev–Trinajstić information content (AvgIpc) is 2.16. The lowest BCUT2D eigenvalue weighted by Crippen LogP contribution is -2.43. The molecule has 1 aromatic rings. The third-order valence-electron chi connectivity index (χ3n) is 2.55. The first kappa shape index (κ1) is 11.4. The van der Waals surface area contributed by atoms with Gasteiger partial charge in [-0.15, -0.1) is 0 Å². The number of hydrogen-bond acceptors (Lipinski definition) is 2. The number of nitrogens with zero attached hydrogens (tertiary/aromatic N) is 1. The minimum atomic E-state index is 0.444. The van der Waals surface area contributed by atoms with E-state index in [-0.39, 0.29) is 0 Å². The summed E-state index contributed by atoms with van der Waals surface area (Å²) in [5.41, 5.74) is 1.24. The molecule has 0 saturated carbocycles. The van der Waals surface area contributed by atoms with Crippen LogP contribution < -0.4 is 4.90 Å². The number of morpholine rings is 1. The van der Waals surface area contributed by atoms with E-state index in [1.807, 2.05) is 0 Å². The first-order chi connectivity index (χ1) is 7.16. The van der Waals surface area contributed by atoms with Crippen molar-refractivity contribution in [3.8, 4) is 0 Å². The molecule has 0 amide bonds. The fraction of sp³-hybridized carbons (Fsp3) is 0.455. The van der Waals surface area contributed by atoms with Crippen LogP contribution in [0.2, 0.25) is 0 Å². The number of hydrogen-bond donors (Lipinski definition) is 0. The molecular formula is C11H13Br2NO. The topological polar surface area (TPSA) is 12.5 Å². The second-order valence-corrected chi connectivity index (χ2v) is 5.58. The van der Waals surface area contributed by atoms with Crippen LogP contribution in [-0.2, 0) is 4.74 Å². The van der Waals surface area contributed by atoms with Gasteiger partial charge in [-0.3, -0.25) is 0 Å². The lowest BCUT2D eigenvalue weighted by molar-refractivity contribution is 0.0989. The maximum Gasteiger partial charge on any atom is 0.0668 e. The van der Waals surface area contributed by atoms with Gasteiger partial charge in [0.2, 0.25) is 0 Å². The van der Waals surface area contributed by atoms with Crippen LogP contribution in [0.5, 0.6) is 0 Å². The highest BCUT2D eigenvalue weighted by molar-refractivity contribution is 9.11. The molecule has 0 N–H and O–H groups in total. The molecular weight excluding hydrogens is 322 g/mol. The first-order valence-corrected chi connectivity index (χ1v) is 6.56. The highest BCUT2D eigenvalue weighted by atomic mass is 79.9. The molecule has 15 heavy (non-hydrogen) atoms. The fourth-order valence-corrected chi connectivity index (χ4v) is 3.09. The van der Waals surface area contributed by atoms with Crippen LogP contribution >= 0.6 is 31.9 Å². The lowest BCUT2D eigenvalue weighted by Gasteiger charge is -2.35. The van der Waals surface area contributed by atoms with Gasteiger partial charge in [0, 0.05) is 27.2 Å². The van der Waals surface area contributed by atoms with E-state index < -0.39 is 0 Å². The Morgan fingerprint density at radius 2 is 1.93 bits per heavy atom. The van der Waals surface area contributed by atoms with E-state index in [2.05, 4.69) is 61.9 Å². The Kier molecular flexibility index (Phi) is 3.69. The number of rotatable bonds is 1. The van der Waals surface area contributed by atoms with Gasteiger partial charge < -0.3 is 9.64 Å². The summed E-state index contributed by atoms with van der Waals surface area (Å²) in [6.07, 6.45) is 0. The predicted molar refractivity (Wildman–Crippen MR) is 69.5 cm³/mol. The number of benzene rings is 1. The summed E-state index contributed by atoms with van der Waals surface area (Å²) in [6.45, 7) is 4.77. The summed E-state index contributed by atoms with van der Waals surface area (Å²) in [7, 11) is 0. The van der Waals surface area contributed by atoms with Gasteiger partial charge in [0.1, 0.15) is 0 Å². The summed E-state index contributed by atoms with van der Waals surface area (Å²) in [5.74, 6) is 0. The Bertz CT molecular complexity index is 336. The molecule has 0 aliphatic carbocycles. The average molecular weight is 335 g/mol. The zero-order chi connectivity index (χ0) is 10.8. The van der Waals surface area contributed by atoms with Crippen molar-refractivity contribution >= 4 is 37.5 Å². The molecule has 2 rings (SSSR count). The second-order valence-electron chi connectivity index (χ2n) is 3.74. The van der Waals surface area contributed by atoms with E-state index in [1.165, 1.54) is 5.69 Å². The highest BCUT2D eigenvalue weighted by Crippen LogP contribution is 2.28. The van der Waals surface area contributed by atoms with Crippen LogP contribution in [0.3, 0.4) is 0 Å². The molecule has 0 aromatic heterocycles. The van der Waals surface area contributed by atoms with Gasteiger partial charge in [-0.05, 0) is 25.1 Å². The number of ether oxygens (including phenoxy) is 1. The maximum atomic E-state index is 5.43. The summed E-state index contributed by atoms with van der Waals surface area (Å²) in [4.78, 5) is 2.37. The van der Waals surface area contributed by atoms with Crippen LogP contribution in [-0.4, -0.2) is 25.8 Å². The highest BCUT2D eigenvalue weighted by Gasteiger charge is 2.19. The lowest BCUT2D eigenvalue weighted by atomic mass is 10.2. The first-order valence-electron chi connectivity index (χ1n) is 4.97. The third-order valence-corrected chi connectivity index (χ3v) is 3.46. The Morgan fingerprint density at radius 1 is 1.27 bits per heavy atom. The second kappa shape index (κ2) is 4.85. The minimum absolute atomic E-state index is 0.444. The summed E-state index contributed by atoms with van der Waals surface area (Å²) in [5, 5.41) is 0. The molecule has 1 unspecified atom stereocenters. The van der Waals surface area contributed by atoms with Crippen molar-refractivity contribution in [1.29, 1.82) is 0 Å². The van der Waals surface area contributed by atoms with Crippen molar-refractivity contribution in [2.24, 2.45) is 0 Å². The molecule has 4 heteroatoms. The van der Waals surface area contributed by atoms with Gasteiger partial charge >= 0.3 is 0 Å². The Hall–Kier alpha value is -0.0600. The van der Waals surface area contributed by atoms with E-state index in [0.717, 1.165) is 28.7 Å².